The van der Waals surface area contributed by atoms with Crippen molar-refractivity contribution in [3.8, 4) is 0 Å². The molecule has 0 radical (unpaired) electrons. The van der Waals surface area contributed by atoms with Gasteiger partial charge in [0.1, 0.15) is 6.33 Å². The molecule has 404 valence electrons. The SMILES string of the molecule is C.C.C.C.C.C.C.CC.CC.CC.CC.CC.CC.Cc1cccnc1.Cc1cccnc1.Cc1cccnn1.Cc1ccncn1.Cc1ccnnc1.Cc1cnccn1.[2H]C.[2H]C.[2H]C.[2H]C.[2H]C.[2H]C. The van der Waals surface area contributed by atoms with Gasteiger partial charge >= 0.3 is 0 Å². The van der Waals surface area contributed by atoms with Crippen molar-refractivity contribution in [3.63, 3.8) is 0 Å². The molecule has 0 saturated heterocycles. The lowest BCUT2D eigenvalue weighted by atomic mass is 10.3. The first-order chi connectivity index (χ1) is 32.4. The third kappa shape index (κ3) is 115. The highest BCUT2D eigenvalue weighted by Crippen LogP contribution is 1.89. The Morgan fingerprint density at radius 2 is 0.701 bits per heavy atom. The number of hydrogen-bond donors (Lipinski definition) is 0. The molecule has 0 saturated carbocycles. The normalized spacial score (nSPS) is 6.63. The van der Waals surface area contributed by atoms with Crippen LogP contribution in [-0.2, 0) is 0 Å². The van der Waals surface area contributed by atoms with Gasteiger partial charge in [-0.2, -0.15) is 20.4 Å². The van der Waals surface area contributed by atoms with Gasteiger partial charge in [-0.05, 0) is 94.6 Å². The first kappa shape index (κ1) is 95.8. The van der Waals surface area contributed by atoms with Gasteiger partial charge in [-0.15, -0.1) is 0 Å². The number of aryl methyl sites for hydroxylation is 6. The van der Waals surface area contributed by atoms with E-state index in [2.05, 4.69) is 50.3 Å². The topological polar surface area (TPSA) is 129 Å². The number of rotatable bonds is 0. The van der Waals surface area contributed by atoms with Crippen LogP contribution in [0.3, 0.4) is 0 Å². The lowest BCUT2D eigenvalue weighted by Crippen LogP contribution is -1.79. The summed E-state index contributed by atoms with van der Waals surface area (Å²) in [4.78, 5) is 23.1. The molecule has 0 aromatic carbocycles. The molecule has 0 bridgehead atoms. The molecule has 6 aromatic rings. The standard InChI is InChI=1S/2C6H7N.4C5H6N2.6C2H6.13CH4/c2*1-6-3-2-4-7-5-6;1-5-4-6-2-3-7-5;1-5-2-3-6-4-7-5;1-5-2-3-6-7-4-5;1-5-3-2-4-6-7-5;6*1-2;;;;;;;;;;;;;/h2*2-5H,1H3;4*2-4H,1H3;6*1-2H3;13*1H4/i;;;;;;;;;;;;6*1D;;;;;;;. The van der Waals surface area contributed by atoms with Crippen molar-refractivity contribution >= 4 is 0 Å². The third-order valence-electron chi connectivity index (χ3n) is 4.48. The fourth-order valence-corrected chi connectivity index (χ4v) is 2.36. The van der Waals surface area contributed by atoms with E-state index in [1.54, 1.807) is 55.8 Å². The molecular formula is C57H126N10. The maximum absolute atomic E-state index is 5.75. The van der Waals surface area contributed by atoms with Crippen LogP contribution in [0.1, 0.15) is 221 Å². The van der Waals surface area contributed by atoms with Gasteiger partial charge in [0.15, 0.2) is 0 Å². The summed E-state index contributed by atoms with van der Waals surface area (Å²) in [6.45, 7) is 35.8. The molecule has 0 N–H and O–H groups in total. The molecular weight excluding hydrogens is 825 g/mol. The van der Waals surface area contributed by atoms with Crippen LogP contribution >= 0.6 is 0 Å². The van der Waals surface area contributed by atoms with Crippen molar-refractivity contribution in [1.82, 2.24) is 50.3 Å². The Labute approximate surface area is 435 Å². The molecule has 67 heavy (non-hydrogen) atoms. The Morgan fingerprint density at radius 1 is 0.299 bits per heavy atom. The Hall–Kier alpha value is -5.38. The largest absolute Gasteiger partial charge is 0.264 e. The Bertz CT molecular complexity index is 1140. The quantitative estimate of drug-likeness (QED) is 0.145. The average Bonchev–Trinajstić information content (AvgIpc) is 3.43. The summed E-state index contributed by atoms with van der Waals surface area (Å²) in [6, 6.07) is 15.4. The zero-order valence-electron chi connectivity index (χ0n) is 49.0. The predicted molar refractivity (Wildman–Crippen MR) is 321 cm³/mol. The molecule has 6 aromatic heterocycles. The van der Waals surface area contributed by atoms with E-state index in [4.69, 9.17) is 8.22 Å². The van der Waals surface area contributed by atoms with E-state index in [-0.39, 0.29) is 52.0 Å². The molecule has 0 aliphatic carbocycles. The van der Waals surface area contributed by atoms with Gasteiger partial charge in [-0.25, -0.2) is 9.97 Å². The number of hydrogen-bond acceptors (Lipinski definition) is 10. The van der Waals surface area contributed by atoms with Crippen molar-refractivity contribution < 1.29 is 8.22 Å². The minimum absolute atomic E-state index is 0. The summed E-state index contributed by atoms with van der Waals surface area (Å²) < 4.78 is 34.5. The molecule has 6 heterocycles. The molecule has 0 unspecified atom stereocenters. The molecule has 0 aliphatic rings. The van der Waals surface area contributed by atoms with E-state index in [9.17, 15) is 0 Å². The Balaban J connectivity index is -0.0000000256. The van der Waals surface area contributed by atoms with E-state index in [1.807, 2.05) is 186 Å². The number of aromatic nitrogens is 10. The number of nitrogens with zero attached hydrogens (tertiary/aromatic N) is 10. The second-order valence-electron chi connectivity index (χ2n) is 8.54. The van der Waals surface area contributed by atoms with Crippen molar-refractivity contribution in [1.29, 1.82) is 0 Å². The van der Waals surface area contributed by atoms with Gasteiger partial charge in [-0.3, -0.25) is 19.9 Å². The lowest BCUT2D eigenvalue weighted by Gasteiger charge is -1.82. The molecule has 0 aliphatic heterocycles. The highest BCUT2D eigenvalue weighted by atomic mass is 15.1. The van der Waals surface area contributed by atoms with E-state index in [1.165, 1.54) is 61.9 Å². The minimum Gasteiger partial charge on any atom is -0.264 e. The van der Waals surface area contributed by atoms with Crippen LogP contribution in [0.4, 0.5) is 0 Å². The molecule has 0 amide bonds. The smallest absolute Gasteiger partial charge is 0.115 e. The van der Waals surface area contributed by atoms with Crippen LogP contribution in [0.5, 0.6) is 0 Å². The van der Waals surface area contributed by atoms with E-state index in [0.717, 1.165) is 22.6 Å². The van der Waals surface area contributed by atoms with Crippen LogP contribution in [0.15, 0.2) is 123 Å². The Kier molecular flexibility index (Phi) is 170. The van der Waals surface area contributed by atoms with Crippen LogP contribution in [0, 0.1) is 41.5 Å². The van der Waals surface area contributed by atoms with Crippen molar-refractivity contribution in [2.75, 3.05) is 0 Å². The minimum atomic E-state index is 0. The fourth-order valence-electron chi connectivity index (χ4n) is 2.36. The summed E-state index contributed by atoms with van der Waals surface area (Å²) in [6.07, 6.45) is 20.6. The monoisotopic (exact) mass is 957 g/mol. The van der Waals surface area contributed by atoms with Gasteiger partial charge in [0.25, 0.3) is 0 Å². The first-order valence-electron chi connectivity index (χ1n) is 25.0. The van der Waals surface area contributed by atoms with Gasteiger partial charge < -0.3 is 0 Å². The fraction of sp³-hybridized carbons (Fsp3) is 0.544. The first-order valence-corrected chi connectivity index (χ1v) is 19.0. The van der Waals surface area contributed by atoms with Crippen LogP contribution < -0.4 is 0 Å². The van der Waals surface area contributed by atoms with Gasteiger partial charge in [-0.1, -0.05) is 192 Å². The van der Waals surface area contributed by atoms with E-state index in [0.29, 0.717) is 0 Å². The van der Waals surface area contributed by atoms with Gasteiger partial charge in [0, 0.05) is 75.9 Å². The van der Waals surface area contributed by atoms with Crippen LogP contribution in [-0.4, -0.2) is 50.3 Å². The molecule has 6 rings (SSSR count). The van der Waals surface area contributed by atoms with E-state index >= 15 is 0 Å². The lowest BCUT2D eigenvalue weighted by molar-refractivity contribution is 0.980. The van der Waals surface area contributed by atoms with Gasteiger partial charge in [0.2, 0.25) is 0 Å². The van der Waals surface area contributed by atoms with Crippen molar-refractivity contribution in [2.45, 2.75) is 221 Å². The summed E-state index contributed by atoms with van der Waals surface area (Å²) in [5.41, 5.74) is 6.50. The second-order valence-corrected chi connectivity index (χ2v) is 8.54. The maximum Gasteiger partial charge on any atom is 0.115 e. The molecule has 0 fully saturated rings. The molecule has 10 heteroatoms. The zero-order valence-corrected chi connectivity index (χ0v) is 43.0. The molecule has 0 atom stereocenters. The summed E-state index contributed by atoms with van der Waals surface area (Å²) in [5, 5.41) is 14.6. The van der Waals surface area contributed by atoms with Crippen LogP contribution in [0.2, 0.25) is 0 Å². The summed E-state index contributed by atoms with van der Waals surface area (Å²) >= 11 is 0. The average molecular weight is 958 g/mol. The highest BCUT2D eigenvalue weighted by molar-refractivity contribution is 5.05. The summed E-state index contributed by atoms with van der Waals surface area (Å²) in [5.74, 6) is 0. The van der Waals surface area contributed by atoms with Crippen LogP contribution in [0.25, 0.3) is 0 Å². The zero-order chi connectivity index (χ0) is 54.7. The predicted octanol–water partition coefficient (Wildman–Crippen LogP) is 20.3. The highest BCUT2D eigenvalue weighted by Gasteiger charge is 1.77. The Morgan fingerprint density at radius 3 is 0.851 bits per heavy atom. The molecule has 0 spiro atoms. The van der Waals surface area contributed by atoms with Gasteiger partial charge in [0.05, 0.1) is 17.6 Å². The summed E-state index contributed by atoms with van der Waals surface area (Å²) in [7, 11) is 7.50. The maximum atomic E-state index is 5.75. The van der Waals surface area contributed by atoms with E-state index < -0.39 is 0 Å². The number of pyridine rings is 2. The van der Waals surface area contributed by atoms with Crippen molar-refractivity contribution in [2.24, 2.45) is 0 Å². The van der Waals surface area contributed by atoms with Crippen molar-refractivity contribution in [3.05, 3.63) is 157 Å². The third-order valence-corrected chi connectivity index (χ3v) is 4.48. The second kappa shape index (κ2) is 119. The molecule has 10 nitrogen and oxygen atoms in total.